The van der Waals surface area contributed by atoms with Gasteiger partial charge in [0.2, 0.25) is 5.24 Å². The second kappa shape index (κ2) is 6.80. The average molecular weight is 176 g/mol. The Kier molecular flexibility index (Phi) is 9.36. The Bertz CT molecular complexity index is 100. The van der Waals surface area contributed by atoms with Gasteiger partial charge in [-0.2, -0.15) is 0 Å². The molecule has 0 spiro atoms. The number of hydrogen-bond donors (Lipinski definition) is 1. The minimum absolute atomic E-state index is 0. The number of halogens is 1. The maximum Gasteiger partial charge on any atom is 0.303 e. The van der Waals surface area contributed by atoms with Gasteiger partial charge in [-0.15, -0.1) is 0 Å². The zero-order chi connectivity index (χ0) is 6.57. The second-order valence-electron chi connectivity index (χ2n) is 1.25. The van der Waals surface area contributed by atoms with E-state index in [1.165, 1.54) is 0 Å². The summed E-state index contributed by atoms with van der Waals surface area (Å²) in [6, 6.07) is 0. The van der Waals surface area contributed by atoms with E-state index in [1.54, 1.807) is 0 Å². The summed E-state index contributed by atoms with van der Waals surface area (Å²) in [6.45, 7) is 0. The molecule has 0 saturated heterocycles. The summed E-state index contributed by atoms with van der Waals surface area (Å²) in [5.74, 6) is -1.00. The Morgan fingerprint density at radius 3 is 1.89 bits per heavy atom. The van der Waals surface area contributed by atoms with Crippen LogP contribution in [0.3, 0.4) is 0 Å². The van der Waals surface area contributed by atoms with E-state index in [9.17, 15) is 9.59 Å². The predicted molar refractivity (Wildman–Crippen MR) is 27.7 cm³/mol. The van der Waals surface area contributed by atoms with Crippen LogP contribution in [0.1, 0.15) is 12.8 Å². The largest absolute Gasteiger partial charge is 0.481 e. The van der Waals surface area contributed by atoms with Crippen LogP contribution in [0.15, 0.2) is 0 Å². The number of carboxylic acids is 1. The maximum absolute atomic E-state index is 9.85. The van der Waals surface area contributed by atoms with Crippen LogP contribution in [0.5, 0.6) is 0 Å². The Labute approximate surface area is 87.4 Å². The smallest absolute Gasteiger partial charge is 0.303 e. The third-order valence-electron chi connectivity index (χ3n) is 0.535. The zero-order valence-electron chi connectivity index (χ0n) is 4.41. The monoisotopic (exact) mass is 176 g/mol. The van der Waals surface area contributed by atoms with Gasteiger partial charge in [-0.05, 0) is 11.6 Å². The fourth-order valence-corrected chi connectivity index (χ4v) is 0.300. The van der Waals surface area contributed by atoms with E-state index >= 15 is 0 Å². The number of aliphatic carboxylic acids is 1. The molecule has 0 radical (unpaired) electrons. The number of carbonyl (C=O) groups excluding carboxylic acids is 1. The SMILES string of the molecule is O=C(O)CCC(=O)Cl.[Ar]. The van der Waals surface area contributed by atoms with Gasteiger partial charge in [-0.1, -0.05) is 0 Å². The third-order valence-corrected chi connectivity index (χ3v) is 0.724. The molecule has 54 valence electrons. The summed E-state index contributed by atoms with van der Waals surface area (Å²) in [5, 5.41) is 7.35. The fraction of sp³-hybridized carbons (Fsp3) is 0.500. The Morgan fingerprint density at radius 2 is 1.78 bits per heavy atom. The Balaban J connectivity index is 0. The van der Waals surface area contributed by atoms with Crippen molar-refractivity contribution in [3.63, 3.8) is 0 Å². The zero-order valence-corrected chi connectivity index (χ0v) is 5.87. The second-order valence-corrected chi connectivity index (χ2v) is 1.67. The molecular weight excluding hydrogens is 171 g/mol. The minimum Gasteiger partial charge on any atom is -0.481 e. The molecule has 0 saturated carbocycles. The molecular formula is C4H5ArClO3. The third kappa shape index (κ3) is 12.0. The van der Waals surface area contributed by atoms with Gasteiger partial charge in [-0.25, -0.2) is 0 Å². The first kappa shape index (κ1) is 12.4. The van der Waals surface area contributed by atoms with Gasteiger partial charge in [0.1, 0.15) is 0 Å². The first-order chi connectivity index (χ1) is 3.63. The van der Waals surface area contributed by atoms with Crippen LogP contribution in [0, 0.1) is 37.7 Å². The van der Waals surface area contributed by atoms with E-state index in [2.05, 4.69) is 0 Å². The first-order valence-corrected chi connectivity index (χ1v) is 2.41. The molecule has 0 aromatic rings. The number of rotatable bonds is 3. The van der Waals surface area contributed by atoms with Gasteiger partial charge in [0.05, 0.1) is 6.42 Å². The van der Waals surface area contributed by atoms with E-state index in [1.807, 2.05) is 0 Å². The van der Waals surface area contributed by atoms with Gasteiger partial charge in [0, 0.05) is 44.2 Å². The van der Waals surface area contributed by atoms with E-state index in [0.717, 1.165) is 0 Å². The summed E-state index contributed by atoms with van der Waals surface area (Å²) in [4.78, 5) is 19.5. The summed E-state index contributed by atoms with van der Waals surface area (Å²) in [7, 11) is 0. The molecule has 0 atom stereocenters. The van der Waals surface area contributed by atoms with E-state index in [4.69, 9.17) is 16.7 Å². The van der Waals surface area contributed by atoms with Gasteiger partial charge >= 0.3 is 5.97 Å². The molecule has 0 aromatic heterocycles. The Morgan fingerprint density at radius 1 is 1.33 bits per heavy atom. The average Bonchev–Trinajstić information content (AvgIpc) is 1.61. The Hall–Kier alpha value is 0.690. The van der Waals surface area contributed by atoms with Crippen molar-refractivity contribution in [1.29, 1.82) is 0 Å². The topological polar surface area (TPSA) is 54.4 Å². The van der Waals surface area contributed by atoms with Gasteiger partial charge in [0.15, 0.2) is 0 Å². The van der Waals surface area contributed by atoms with Gasteiger partial charge < -0.3 is 5.11 Å². The van der Waals surface area contributed by atoms with Crippen molar-refractivity contribution >= 4 is 22.8 Å². The predicted octanol–water partition coefficient (Wildman–Crippen LogP) is 0.617. The molecule has 0 rings (SSSR count). The summed E-state index contributed by atoms with van der Waals surface area (Å²) < 4.78 is 0. The quantitative estimate of drug-likeness (QED) is 0.642. The summed E-state index contributed by atoms with van der Waals surface area (Å²) >= 11 is 4.82. The summed E-state index contributed by atoms with van der Waals surface area (Å²) in [6.07, 6.45) is -0.265. The molecule has 0 aliphatic rings. The van der Waals surface area contributed by atoms with Crippen LogP contribution in [-0.2, 0) is 9.59 Å². The first-order valence-electron chi connectivity index (χ1n) is 2.03. The molecule has 0 aliphatic carbocycles. The van der Waals surface area contributed by atoms with Crippen LogP contribution < -0.4 is 0 Å². The van der Waals surface area contributed by atoms with Crippen molar-refractivity contribution in [2.24, 2.45) is 0 Å². The van der Waals surface area contributed by atoms with Crippen molar-refractivity contribution < 1.29 is 52.4 Å². The van der Waals surface area contributed by atoms with Crippen molar-refractivity contribution in [2.45, 2.75) is 12.8 Å². The fourth-order valence-electron chi connectivity index (χ4n) is 0.205. The normalized spacial score (nSPS) is 7.67. The molecule has 0 aliphatic heterocycles. The number of hydrogen-bond acceptors (Lipinski definition) is 2. The van der Waals surface area contributed by atoms with E-state index in [-0.39, 0.29) is 50.6 Å². The molecule has 0 fully saturated rings. The molecule has 0 unspecified atom stereocenters. The number of carboxylic acid groups (broad SMARTS) is 1. The van der Waals surface area contributed by atoms with Gasteiger partial charge in [-0.3, -0.25) is 9.59 Å². The van der Waals surface area contributed by atoms with Gasteiger partial charge in [0.25, 0.3) is 0 Å². The van der Waals surface area contributed by atoms with Crippen LogP contribution in [0.2, 0.25) is 0 Å². The molecule has 3 nitrogen and oxygen atoms in total. The number of carbonyl (C=O) groups is 2. The molecule has 5 heteroatoms. The molecule has 0 bridgehead atoms. The molecule has 0 amide bonds. The van der Waals surface area contributed by atoms with Crippen molar-refractivity contribution in [1.82, 2.24) is 0 Å². The van der Waals surface area contributed by atoms with Crippen LogP contribution in [0.25, 0.3) is 0 Å². The standard InChI is InChI=1S/C4H5ClO3.Ar/c5-3(6)1-2-4(7)8;/h1-2H2,(H,7,8);. The van der Waals surface area contributed by atoms with E-state index < -0.39 is 11.2 Å². The van der Waals surface area contributed by atoms with E-state index in [0.29, 0.717) is 0 Å². The minimum atomic E-state index is -1.00. The molecule has 1 N–H and O–H groups in total. The van der Waals surface area contributed by atoms with Crippen molar-refractivity contribution in [3.05, 3.63) is 0 Å². The molecule has 0 aromatic carbocycles. The molecule has 0 heterocycles. The van der Waals surface area contributed by atoms with Crippen LogP contribution in [0.4, 0.5) is 0 Å². The molecule has 9 heavy (non-hydrogen) atoms. The van der Waals surface area contributed by atoms with Crippen LogP contribution in [-0.4, -0.2) is 16.3 Å². The summed E-state index contributed by atoms with van der Waals surface area (Å²) in [5.41, 5.74) is 0. The maximum atomic E-state index is 9.85. The van der Waals surface area contributed by atoms with Crippen molar-refractivity contribution in [2.75, 3.05) is 0 Å². The van der Waals surface area contributed by atoms with Crippen molar-refractivity contribution in [3.8, 4) is 0 Å². The van der Waals surface area contributed by atoms with Crippen LogP contribution >= 0.6 is 11.6 Å².